The minimum absolute atomic E-state index is 0.494. The van der Waals surface area contributed by atoms with Crippen molar-refractivity contribution < 1.29 is 5.11 Å². The highest BCUT2D eigenvalue weighted by molar-refractivity contribution is 5.51. The summed E-state index contributed by atoms with van der Waals surface area (Å²) in [5.74, 6) is 1.05. The molecule has 0 amide bonds. The first-order valence-corrected chi connectivity index (χ1v) is 5.64. The zero-order chi connectivity index (χ0) is 11.9. The molecule has 0 spiro atoms. The monoisotopic (exact) mass is 224 g/mol. The van der Waals surface area contributed by atoms with Crippen molar-refractivity contribution in [3.8, 4) is 0 Å². The zero-order valence-corrected chi connectivity index (χ0v) is 10.2. The molecule has 0 radical (unpaired) electrons. The maximum atomic E-state index is 9.98. The second-order valence-corrected chi connectivity index (χ2v) is 4.88. The third kappa shape index (κ3) is 1.81. The molecule has 1 unspecified atom stereocenters. The Bertz CT molecular complexity index is 397. The summed E-state index contributed by atoms with van der Waals surface area (Å²) in [6, 6.07) is 0. The Labute approximate surface area is 95.8 Å². The van der Waals surface area contributed by atoms with Gasteiger partial charge in [0, 0.05) is 32.2 Å². The van der Waals surface area contributed by atoms with Crippen LogP contribution in [0.4, 0.5) is 5.82 Å². The fraction of sp³-hybridized carbons (Fsp3) is 0.727. The Balaban J connectivity index is 2.34. The van der Waals surface area contributed by atoms with E-state index in [4.69, 9.17) is 5.73 Å². The molecule has 1 aliphatic rings. The number of anilines is 1. The zero-order valence-electron chi connectivity index (χ0n) is 10.2. The van der Waals surface area contributed by atoms with Gasteiger partial charge in [0.2, 0.25) is 0 Å². The molecule has 1 saturated heterocycles. The highest BCUT2D eigenvalue weighted by Crippen LogP contribution is 2.29. The number of β-amino-alcohol motifs (C(OH)–C–C–N with tert-alkyl or cyclic N) is 1. The molecule has 5 heteroatoms. The summed E-state index contributed by atoms with van der Waals surface area (Å²) in [7, 11) is 1.93. The number of aromatic nitrogens is 2. The van der Waals surface area contributed by atoms with Crippen molar-refractivity contribution in [1.29, 1.82) is 0 Å². The van der Waals surface area contributed by atoms with Crippen molar-refractivity contribution in [3.63, 3.8) is 0 Å². The largest absolute Gasteiger partial charge is 0.388 e. The molecule has 1 aromatic heterocycles. The van der Waals surface area contributed by atoms with Crippen LogP contribution in [0.15, 0.2) is 0 Å². The standard InChI is InChI=1S/C11H20N4O/c1-8-9(6-12)10(14(3)13-8)15-5-4-11(2,16)7-15/h16H,4-7,12H2,1-3H3. The van der Waals surface area contributed by atoms with Crippen molar-refractivity contribution in [2.45, 2.75) is 32.4 Å². The molecule has 90 valence electrons. The summed E-state index contributed by atoms with van der Waals surface area (Å²) >= 11 is 0. The topological polar surface area (TPSA) is 67.3 Å². The van der Waals surface area contributed by atoms with E-state index >= 15 is 0 Å². The molecule has 2 rings (SSSR count). The smallest absolute Gasteiger partial charge is 0.131 e. The van der Waals surface area contributed by atoms with Gasteiger partial charge in [-0.3, -0.25) is 4.68 Å². The number of hydrogen-bond acceptors (Lipinski definition) is 4. The molecule has 0 aromatic carbocycles. The average molecular weight is 224 g/mol. The Hall–Kier alpha value is -1.07. The predicted octanol–water partition coefficient (Wildman–Crippen LogP) is 0.148. The van der Waals surface area contributed by atoms with Gasteiger partial charge in [-0.15, -0.1) is 0 Å². The van der Waals surface area contributed by atoms with E-state index in [9.17, 15) is 5.11 Å². The normalized spacial score (nSPS) is 25.4. The summed E-state index contributed by atoms with van der Waals surface area (Å²) in [4.78, 5) is 2.17. The van der Waals surface area contributed by atoms with Gasteiger partial charge in [-0.25, -0.2) is 0 Å². The first-order valence-electron chi connectivity index (χ1n) is 5.64. The lowest BCUT2D eigenvalue weighted by molar-refractivity contribution is 0.0838. The Kier molecular flexibility index (Phi) is 2.67. The first-order chi connectivity index (χ1) is 7.44. The molecule has 1 aliphatic heterocycles. The molecule has 3 N–H and O–H groups in total. The van der Waals surface area contributed by atoms with Crippen LogP contribution in [0.2, 0.25) is 0 Å². The van der Waals surface area contributed by atoms with Crippen LogP contribution in [0, 0.1) is 6.92 Å². The van der Waals surface area contributed by atoms with Gasteiger partial charge in [0.25, 0.3) is 0 Å². The first kappa shape index (κ1) is 11.4. The molecular weight excluding hydrogens is 204 g/mol. The number of hydrogen-bond donors (Lipinski definition) is 2. The Morgan fingerprint density at radius 1 is 1.56 bits per heavy atom. The highest BCUT2D eigenvalue weighted by Gasteiger charge is 2.33. The second kappa shape index (κ2) is 3.75. The van der Waals surface area contributed by atoms with E-state index in [-0.39, 0.29) is 0 Å². The maximum Gasteiger partial charge on any atom is 0.131 e. The number of aliphatic hydroxyl groups is 1. The van der Waals surface area contributed by atoms with E-state index in [0.717, 1.165) is 30.0 Å². The molecule has 2 heterocycles. The maximum absolute atomic E-state index is 9.98. The fourth-order valence-corrected chi connectivity index (χ4v) is 2.45. The summed E-state index contributed by atoms with van der Waals surface area (Å²) < 4.78 is 1.86. The molecule has 5 nitrogen and oxygen atoms in total. The van der Waals surface area contributed by atoms with Crippen LogP contribution >= 0.6 is 0 Å². The van der Waals surface area contributed by atoms with Crippen LogP contribution in [0.5, 0.6) is 0 Å². The molecule has 0 bridgehead atoms. The highest BCUT2D eigenvalue weighted by atomic mass is 16.3. The van der Waals surface area contributed by atoms with E-state index in [0.29, 0.717) is 13.1 Å². The number of nitrogens with zero attached hydrogens (tertiary/aromatic N) is 3. The van der Waals surface area contributed by atoms with Crippen molar-refractivity contribution in [3.05, 3.63) is 11.3 Å². The van der Waals surface area contributed by atoms with Crippen LogP contribution in [-0.4, -0.2) is 33.6 Å². The van der Waals surface area contributed by atoms with Gasteiger partial charge in [-0.2, -0.15) is 5.10 Å². The molecule has 0 aliphatic carbocycles. The lowest BCUT2D eigenvalue weighted by Gasteiger charge is -2.22. The predicted molar refractivity (Wildman–Crippen MR) is 63.3 cm³/mol. The summed E-state index contributed by atoms with van der Waals surface area (Å²) in [6.45, 7) is 5.85. The lowest BCUT2D eigenvalue weighted by atomic mass is 10.1. The molecule has 1 fully saturated rings. The van der Waals surface area contributed by atoms with Crippen LogP contribution in [0.25, 0.3) is 0 Å². The van der Waals surface area contributed by atoms with Crippen LogP contribution < -0.4 is 10.6 Å². The SMILES string of the molecule is Cc1nn(C)c(N2CCC(C)(O)C2)c1CN. The average Bonchev–Trinajstić information content (AvgIpc) is 2.66. The summed E-state index contributed by atoms with van der Waals surface area (Å²) in [5, 5.41) is 14.4. The van der Waals surface area contributed by atoms with Crippen molar-refractivity contribution in [1.82, 2.24) is 9.78 Å². The summed E-state index contributed by atoms with van der Waals surface area (Å²) in [5.41, 5.74) is 7.23. The van der Waals surface area contributed by atoms with E-state index in [1.54, 1.807) is 0 Å². The van der Waals surface area contributed by atoms with Crippen molar-refractivity contribution in [2.75, 3.05) is 18.0 Å². The molecular formula is C11H20N4O. The van der Waals surface area contributed by atoms with Crippen LogP contribution in [0.3, 0.4) is 0 Å². The van der Waals surface area contributed by atoms with Gasteiger partial charge in [-0.1, -0.05) is 0 Å². The van der Waals surface area contributed by atoms with E-state index in [1.165, 1.54) is 0 Å². The third-order valence-electron chi connectivity index (χ3n) is 3.27. The minimum atomic E-state index is -0.593. The number of nitrogens with two attached hydrogens (primary N) is 1. The second-order valence-electron chi connectivity index (χ2n) is 4.88. The summed E-state index contributed by atoms with van der Waals surface area (Å²) in [6.07, 6.45) is 0.793. The fourth-order valence-electron chi connectivity index (χ4n) is 2.45. The number of rotatable bonds is 2. The van der Waals surface area contributed by atoms with E-state index < -0.39 is 5.60 Å². The van der Waals surface area contributed by atoms with Gasteiger partial charge < -0.3 is 15.7 Å². The Morgan fingerprint density at radius 2 is 2.25 bits per heavy atom. The van der Waals surface area contributed by atoms with Gasteiger partial charge in [-0.05, 0) is 20.3 Å². The van der Waals surface area contributed by atoms with E-state index in [1.807, 2.05) is 25.6 Å². The Morgan fingerprint density at radius 3 is 2.75 bits per heavy atom. The quantitative estimate of drug-likeness (QED) is 0.750. The van der Waals surface area contributed by atoms with Crippen LogP contribution in [-0.2, 0) is 13.6 Å². The molecule has 0 saturated carbocycles. The van der Waals surface area contributed by atoms with Crippen molar-refractivity contribution in [2.24, 2.45) is 12.8 Å². The minimum Gasteiger partial charge on any atom is -0.388 e. The molecule has 16 heavy (non-hydrogen) atoms. The molecule has 1 aromatic rings. The van der Waals surface area contributed by atoms with Crippen LogP contribution in [0.1, 0.15) is 24.6 Å². The van der Waals surface area contributed by atoms with Gasteiger partial charge >= 0.3 is 0 Å². The molecule has 1 atom stereocenters. The van der Waals surface area contributed by atoms with E-state index in [2.05, 4.69) is 10.00 Å². The van der Waals surface area contributed by atoms with Crippen molar-refractivity contribution >= 4 is 5.82 Å². The lowest BCUT2D eigenvalue weighted by Crippen LogP contribution is -2.31. The van der Waals surface area contributed by atoms with Gasteiger partial charge in [0.15, 0.2) is 0 Å². The number of aryl methyl sites for hydroxylation is 2. The van der Waals surface area contributed by atoms with Gasteiger partial charge in [0.05, 0.1) is 11.3 Å². The van der Waals surface area contributed by atoms with Gasteiger partial charge in [0.1, 0.15) is 5.82 Å². The third-order valence-corrected chi connectivity index (χ3v) is 3.27.